The van der Waals surface area contributed by atoms with E-state index < -0.39 is 0 Å². The van der Waals surface area contributed by atoms with Crippen LogP contribution < -0.4 is 5.32 Å². The highest BCUT2D eigenvalue weighted by molar-refractivity contribution is 5.20. The first-order chi connectivity index (χ1) is 9.56. The number of hydrogen-bond acceptors (Lipinski definition) is 2. The maximum absolute atomic E-state index is 13.0. The van der Waals surface area contributed by atoms with Crippen molar-refractivity contribution >= 4 is 0 Å². The Kier molecular flexibility index (Phi) is 7.78. The van der Waals surface area contributed by atoms with E-state index in [2.05, 4.69) is 26.1 Å². The SMILES string of the molecule is CCCCC(NC(CO)CC(C)C)c1ccc(F)cc1. The van der Waals surface area contributed by atoms with Gasteiger partial charge in [0.15, 0.2) is 0 Å². The van der Waals surface area contributed by atoms with E-state index in [1.165, 1.54) is 12.1 Å². The monoisotopic (exact) mass is 281 g/mol. The fourth-order valence-corrected chi connectivity index (χ4v) is 2.50. The fourth-order valence-electron chi connectivity index (χ4n) is 2.50. The Balaban J connectivity index is 2.74. The number of aliphatic hydroxyl groups excluding tert-OH is 1. The third kappa shape index (κ3) is 6.02. The second-order valence-electron chi connectivity index (χ2n) is 5.92. The molecule has 1 aromatic rings. The van der Waals surface area contributed by atoms with Crippen LogP contribution in [0.3, 0.4) is 0 Å². The number of aliphatic hydroxyl groups is 1. The lowest BCUT2D eigenvalue weighted by atomic mass is 9.97. The lowest BCUT2D eigenvalue weighted by Crippen LogP contribution is -2.36. The zero-order chi connectivity index (χ0) is 15.0. The molecule has 0 saturated carbocycles. The zero-order valence-electron chi connectivity index (χ0n) is 12.9. The van der Waals surface area contributed by atoms with Crippen molar-refractivity contribution in [2.45, 2.75) is 58.5 Å². The van der Waals surface area contributed by atoms with Crippen LogP contribution in [0.4, 0.5) is 4.39 Å². The largest absolute Gasteiger partial charge is 0.395 e. The van der Waals surface area contributed by atoms with Gasteiger partial charge in [-0.05, 0) is 36.5 Å². The Morgan fingerprint density at radius 2 is 1.85 bits per heavy atom. The number of benzene rings is 1. The van der Waals surface area contributed by atoms with Gasteiger partial charge >= 0.3 is 0 Å². The van der Waals surface area contributed by atoms with Crippen LogP contribution in [-0.4, -0.2) is 17.8 Å². The standard InChI is InChI=1S/C17H28FNO/c1-4-5-6-17(14-7-9-15(18)10-8-14)19-16(12-20)11-13(2)3/h7-10,13,16-17,19-20H,4-6,11-12H2,1-3H3. The van der Waals surface area contributed by atoms with Crippen LogP contribution in [0.25, 0.3) is 0 Å². The molecule has 0 aliphatic heterocycles. The summed E-state index contributed by atoms with van der Waals surface area (Å²) >= 11 is 0. The first-order valence-corrected chi connectivity index (χ1v) is 7.69. The van der Waals surface area contributed by atoms with Gasteiger partial charge in [0.2, 0.25) is 0 Å². The van der Waals surface area contributed by atoms with Crippen molar-refractivity contribution in [3.8, 4) is 0 Å². The number of unbranched alkanes of at least 4 members (excludes halogenated alkanes) is 1. The van der Waals surface area contributed by atoms with Gasteiger partial charge in [0.05, 0.1) is 6.61 Å². The number of nitrogens with one attached hydrogen (secondary N) is 1. The summed E-state index contributed by atoms with van der Waals surface area (Å²) in [6.07, 6.45) is 4.21. The molecule has 0 fully saturated rings. The molecule has 0 aliphatic carbocycles. The van der Waals surface area contributed by atoms with E-state index >= 15 is 0 Å². The second-order valence-corrected chi connectivity index (χ2v) is 5.92. The van der Waals surface area contributed by atoms with Gasteiger partial charge < -0.3 is 10.4 Å². The molecule has 20 heavy (non-hydrogen) atoms. The van der Waals surface area contributed by atoms with E-state index in [9.17, 15) is 9.50 Å². The van der Waals surface area contributed by atoms with Crippen molar-refractivity contribution < 1.29 is 9.50 Å². The number of rotatable bonds is 9. The summed E-state index contributed by atoms with van der Waals surface area (Å²) in [5.74, 6) is 0.337. The van der Waals surface area contributed by atoms with Crippen LogP contribution >= 0.6 is 0 Å². The lowest BCUT2D eigenvalue weighted by Gasteiger charge is -2.26. The molecule has 0 bridgehead atoms. The van der Waals surface area contributed by atoms with E-state index in [1.807, 2.05) is 12.1 Å². The van der Waals surface area contributed by atoms with Gasteiger partial charge in [-0.15, -0.1) is 0 Å². The first kappa shape index (κ1) is 17.1. The Morgan fingerprint density at radius 1 is 1.20 bits per heavy atom. The van der Waals surface area contributed by atoms with Crippen molar-refractivity contribution in [3.05, 3.63) is 35.6 Å². The molecular formula is C17H28FNO. The maximum atomic E-state index is 13.0. The van der Waals surface area contributed by atoms with Gasteiger partial charge in [-0.3, -0.25) is 0 Å². The molecule has 2 atom stereocenters. The molecule has 2 nitrogen and oxygen atoms in total. The molecule has 1 aromatic carbocycles. The molecule has 2 N–H and O–H groups in total. The third-order valence-corrected chi connectivity index (χ3v) is 3.53. The Morgan fingerprint density at radius 3 is 2.35 bits per heavy atom. The molecule has 0 heterocycles. The Hall–Kier alpha value is -0.930. The predicted octanol–water partition coefficient (Wildman–Crippen LogP) is 4.05. The topological polar surface area (TPSA) is 32.3 Å². The molecule has 0 saturated heterocycles. The first-order valence-electron chi connectivity index (χ1n) is 7.69. The van der Waals surface area contributed by atoms with Crippen LogP contribution in [0, 0.1) is 11.7 Å². The van der Waals surface area contributed by atoms with Gasteiger partial charge in [0, 0.05) is 12.1 Å². The molecule has 0 amide bonds. The fraction of sp³-hybridized carbons (Fsp3) is 0.647. The molecule has 0 aromatic heterocycles. The number of hydrogen-bond donors (Lipinski definition) is 2. The van der Waals surface area contributed by atoms with Gasteiger partial charge in [-0.2, -0.15) is 0 Å². The van der Waals surface area contributed by atoms with Crippen LogP contribution in [-0.2, 0) is 0 Å². The molecule has 114 valence electrons. The van der Waals surface area contributed by atoms with Gasteiger partial charge in [-0.25, -0.2) is 4.39 Å². The van der Waals surface area contributed by atoms with Crippen LogP contribution in [0.1, 0.15) is 58.1 Å². The minimum Gasteiger partial charge on any atom is -0.395 e. The third-order valence-electron chi connectivity index (χ3n) is 3.53. The predicted molar refractivity (Wildman–Crippen MR) is 82.1 cm³/mol. The van der Waals surface area contributed by atoms with Gasteiger partial charge in [-0.1, -0.05) is 45.7 Å². The number of halogens is 1. The van der Waals surface area contributed by atoms with Gasteiger partial charge in [0.25, 0.3) is 0 Å². The van der Waals surface area contributed by atoms with Gasteiger partial charge in [0.1, 0.15) is 5.82 Å². The molecular weight excluding hydrogens is 253 g/mol. The summed E-state index contributed by atoms with van der Waals surface area (Å²) in [7, 11) is 0. The van der Waals surface area contributed by atoms with Crippen LogP contribution in [0.15, 0.2) is 24.3 Å². The maximum Gasteiger partial charge on any atom is 0.123 e. The van der Waals surface area contributed by atoms with Crippen molar-refractivity contribution in [1.29, 1.82) is 0 Å². The van der Waals surface area contributed by atoms with E-state index in [4.69, 9.17) is 0 Å². The zero-order valence-corrected chi connectivity index (χ0v) is 12.9. The molecule has 0 radical (unpaired) electrons. The minimum absolute atomic E-state index is 0.0990. The summed E-state index contributed by atoms with van der Waals surface area (Å²) in [6.45, 7) is 6.62. The highest BCUT2D eigenvalue weighted by Gasteiger charge is 2.17. The van der Waals surface area contributed by atoms with Crippen molar-refractivity contribution in [2.75, 3.05) is 6.61 Å². The van der Waals surface area contributed by atoms with Crippen LogP contribution in [0.2, 0.25) is 0 Å². The van der Waals surface area contributed by atoms with E-state index in [0.717, 1.165) is 31.2 Å². The lowest BCUT2D eigenvalue weighted by molar-refractivity contribution is 0.210. The van der Waals surface area contributed by atoms with Crippen molar-refractivity contribution in [1.82, 2.24) is 5.32 Å². The van der Waals surface area contributed by atoms with Crippen LogP contribution in [0.5, 0.6) is 0 Å². The summed E-state index contributed by atoms with van der Waals surface area (Å²) < 4.78 is 13.0. The molecule has 2 unspecified atom stereocenters. The second kappa shape index (κ2) is 9.09. The summed E-state index contributed by atoms with van der Waals surface area (Å²) in [5.41, 5.74) is 1.10. The Bertz CT molecular complexity index is 364. The van der Waals surface area contributed by atoms with E-state index in [0.29, 0.717) is 5.92 Å². The highest BCUT2D eigenvalue weighted by Crippen LogP contribution is 2.21. The molecule has 3 heteroatoms. The highest BCUT2D eigenvalue weighted by atomic mass is 19.1. The molecule has 0 spiro atoms. The van der Waals surface area contributed by atoms with Crippen molar-refractivity contribution in [2.24, 2.45) is 5.92 Å². The Labute approximate surface area is 122 Å². The van der Waals surface area contributed by atoms with E-state index in [1.54, 1.807) is 0 Å². The normalized spacial score (nSPS) is 14.5. The minimum atomic E-state index is -0.205. The van der Waals surface area contributed by atoms with E-state index in [-0.39, 0.29) is 24.5 Å². The smallest absolute Gasteiger partial charge is 0.123 e. The average molecular weight is 281 g/mol. The van der Waals surface area contributed by atoms with Crippen molar-refractivity contribution in [3.63, 3.8) is 0 Å². The molecule has 0 aliphatic rings. The quantitative estimate of drug-likeness (QED) is 0.715. The average Bonchev–Trinajstić information content (AvgIpc) is 2.42. The summed E-state index contributed by atoms with van der Waals surface area (Å²) in [5, 5.41) is 13.1. The summed E-state index contributed by atoms with van der Waals surface area (Å²) in [4.78, 5) is 0. The molecule has 1 rings (SSSR count). The summed E-state index contributed by atoms with van der Waals surface area (Å²) in [6, 6.07) is 6.98.